The average Bonchev–Trinajstić information content (AvgIpc) is 3.24. The van der Waals surface area contributed by atoms with Gasteiger partial charge >= 0.3 is 0 Å². The monoisotopic (exact) mass is 413 g/mol. The van der Waals surface area contributed by atoms with Crippen LogP contribution < -0.4 is 16.0 Å². The number of nitrogens with zero attached hydrogens (tertiary/aromatic N) is 5. The Bertz CT molecular complexity index is 1240. The van der Waals surface area contributed by atoms with Crippen molar-refractivity contribution in [1.29, 1.82) is 0 Å². The minimum atomic E-state index is -0.119. The van der Waals surface area contributed by atoms with E-state index >= 15 is 0 Å². The molecule has 156 valence electrons. The molecule has 0 bridgehead atoms. The number of rotatable bonds is 4. The molecule has 0 atom stereocenters. The van der Waals surface area contributed by atoms with Crippen molar-refractivity contribution in [2.75, 3.05) is 36.8 Å². The first-order valence-electron chi connectivity index (χ1n) is 10.3. The molecule has 1 aliphatic heterocycles. The van der Waals surface area contributed by atoms with E-state index in [2.05, 4.69) is 20.3 Å². The summed E-state index contributed by atoms with van der Waals surface area (Å²) in [6.45, 7) is 4.71. The predicted octanol–water partition coefficient (Wildman–Crippen LogP) is 2.65. The van der Waals surface area contributed by atoms with Crippen molar-refractivity contribution in [3.63, 3.8) is 0 Å². The third-order valence-corrected chi connectivity index (χ3v) is 5.58. The third-order valence-electron chi connectivity index (χ3n) is 5.58. The Kier molecular flexibility index (Phi) is 4.83. The Labute approximate surface area is 179 Å². The van der Waals surface area contributed by atoms with Gasteiger partial charge < -0.3 is 16.0 Å². The van der Waals surface area contributed by atoms with Crippen molar-refractivity contribution in [3.05, 3.63) is 60.4 Å². The fraction of sp³-hybridized carbons (Fsp3) is 0.217. The Morgan fingerprint density at radius 3 is 2.48 bits per heavy atom. The lowest BCUT2D eigenvalue weighted by Gasteiger charge is -2.30. The summed E-state index contributed by atoms with van der Waals surface area (Å²) in [7, 11) is 0. The summed E-state index contributed by atoms with van der Waals surface area (Å²) < 4.78 is 1.54. The summed E-state index contributed by atoms with van der Waals surface area (Å²) in [5.41, 5.74) is 11.1. The van der Waals surface area contributed by atoms with Crippen LogP contribution in [0.15, 0.2) is 54.9 Å². The maximum atomic E-state index is 12.4. The topological polar surface area (TPSA) is 101 Å². The number of piperazine rings is 1. The first kappa shape index (κ1) is 19.2. The zero-order chi connectivity index (χ0) is 21.4. The normalized spacial score (nSPS) is 14.2. The standard InChI is InChI=1S/C23H23N7O/c1-15(31)20-21(24)30-22(28-23(20)29-11-9-25-10-12-29)18(14-27-30)17-7-8-19(26-13-17)16-5-3-2-4-6-16/h2-8,13-14,25H,9-12,24H2,1H3. The number of ketones is 1. The number of nitrogens with two attached hydrogens (primary N) is 1. The van der Waals surface area contributed by atoms with Crippen molar-refractivity contribution in [3.8, 4) is 22.4 Å². The maximum Gasteiger partial charge on any atom is 0.167 e. The van der Waals surface area contributed by atoms with E-state index in [1.807, 2.05) is 48.7 Å². The Morgan fingerprint density at radius 1 is 1.03 bits per heavy atom. The lowest BCUT2D eigenvalue weighted by molar-refractivity contribution is 0.101. The molecule has 0 saturated carbocycles. The number of pyridine rings is 1. The quantitative estimate of drug-likeness (QED) is 0.496. The highest BCUT2D eigenvalue weighted by Crippen LogP contribution is 2.31. The van der Waals surface area contributed by atoms with Crippen LogP contribution in [0.25, 0.3) is 28.0 Å². The van der Waals surface area contributed by atoms with E-state index < -0.39 is 0 Å². The molecular weight excluding hydrogens is 390 g/mol. The third kappa shape index (κ3) is 3.40. The van der Waals surface area contributed by atoms with Gasteiger partial charge in [-0.25, -0.2) is 4.98 Å². The molecule has 0 spiro atoms. The number of nitrogens with one attached hydrogen (secondary N) is 1. The van der Waals surface area contributed by atoms with Gasteiger partial charge in [0, 0.05) is 49.1 Å². The van der Waals surface area contributed by atoms with Gasteiger partial charge in [0.2, 0.25) is 0 Å². The van der Waals surface area contributed by atoms with E-state index in [-0.39, 0.29) is 5.78 Å². The van der Waals surface area contributed by atoms with Gasteiger partial charge in [0.1, 0.15) is 17.2 Å². The first-order valence-corrected chi connectivity index (χ1v) is 10.3. The number of nitrogen functional groups attached to an aromatic ring is 1. The number of Topliss-reactive ketones (excluding diaryl/α,β-unsaturated/α-hetero) is 1. The maximum absolute atomic E-state index is 12.4. The van der Waals surface area contributed by atoms with Gasteiger partial charge in [0.15, 0.2) is 11.4 Å². The highest BCUT2D eigenvalue weighted by Gasteiger charge is 2.25. The highest BCUT2D eigenvalue weighted by molar-refractivity contribution is 6.04. The van der Waals surface area contributed by atoms with Gasteiger partial charge in [0.25, 0.3) is 0 Å². The zero-order valence-electron chi connectivity index (χ0n) is 17.2. The number of anilines is 2. The van der Waals surface area contributed by atoms with Gasteiger partial charge in [-0.1, -0.05) is 36.4 Å². The fourth-order valence-corrected chi connectivity index (χ4v) is 3.98. The van der Waals surface area contributed by atoms with Crippen LogP contribution in [0.5, 0.6) is 0 Å². The van der Waals surface area contributed by atoms with Crippen LogP contribution in [0.2, 0.25) is 0 Å². The van der Waals surface area contributed by atoms with Crippen molar-refractivity contribution in [1.82, 2.24) is 24.9 Å². The van der Waals surface area contributed by atoms with E-state index in [0.29, 0.717) is 22.8 Å². The van der Waals surface area contributed by atoms with Crippen LogP contribution in [0, 0.1) is 0 Å². The largest absolute Gasteiger partial charge is 0.383 e. The van der Waals surface area contributed by atoms with Gasteiger partial charge in [-0.05, 0) is 13.0 Å². The summed E-state index contributed by atoms with van der Waals surface area (Å²) in [5, 5.41) is 7.75. The van der Waals surface area contributed by atoms with Crippen LogP contribution in [0.1, 0.15) is 17.3 Å². The number of carbonyl (C=O) groups excluding carboxylic acids is 1. The van der Waals surface area contributed by atoms with E-state index in [1.165, 1.54) is 6.92 Å². The number of fused-ring (bicyclic) bond motifs is 1. The van der Waals surface area contributed by atoms with Crippen molar-refractivity contribution >= 4 is 23.1 Å². The molecule has 5 rings (SSSR count). The van der Waals surface area contributed by atoms with Crippen molar-refractivity contribution in [2.24, 2.45) is 0 Å². The number of carbonyl (C=O) groups is 1. The number of benzene rings is 1. The molecule has 31 heavy (non-hydrogen) atoms. The van der Waals surface area contributed by atoms with Gasteiger partial charge in [-0.15, -0.1) is 0 Å². The van der Waals surface area contributed by atoms with E-state index in [9.17, 15) is 4.79 Å². The van der Waals surface area contributed by atoms with E-state index in [4.69, 9.17) is 10.7 Å². The number of hydrogen-bond donors (Lipinski definition) is 2. The smallest absolute Gasteiger partial charge is 0.167 e. The minimum Gasteiger partial charge on any atom is -0.383 e. The predicted molar refractivity (Wildman–Crippen MR) is 121 cm³/mol. The lowest BCUT2D eigenvalue weighted by Crippen LogP contribution is -2.44. The molecular formula is C23H23N7O. The molecule has 1 fully saturated rings. The lowest BCUT2D eigenvalue weighted by atomic mass is 10.1. The molecule has 8 heteroatoms. The van der Waals surface area contributed by atoms with Crippen molar-refractivity contribution < 1.29 is 4.79 Å². The Hall–Kier alpha value is -3.78. The zero-order valence-corrected chi connectivity index (χ0v) is 17.2. The van der Waals surface area contributed by atoms with Crippen LogP contribution >= 0.6 is 0 Å². The molecule has 1 aromatic carbocycles. The average molecular weight is 413 g/mol. The van der Waals surface area contributed by atoms with Crippen LogP contribution in [-0.2, 0) is 0 Å². The minimum absolute atomic E-state index is 0.119. The van der Waals surface area contributed by atoms with Crippen LogP contribution in [-0.4, -0.2) is 51.5 Å². The van der Waals surface area contributed by atoms with E-state index in [0.717, 1.165) is 48.6 Å². The fourth-order valence-electron chi connectivity index (χ4n) is 3.98. The summed E-state index contributed by atoms with van der Waals surface area (Å²) in [6.07, 6.45) is 3.55. The molecule has 4 aromatic rings. The summed E-state index contributed by atoms with van der Waals surface area (Å²) in [5.74, 6) is 0.812. The summed E-state index contributed by atoms with van der Waals surface area (Å²) >= 11 is 0. The first-order chi connectivity index (χ1) is 15.1. The molecule has 3 aromatic heterocycles. The molecule has 8 nitrogen and oxygen atoms in total. The van der Waals surface area contributed by atoms with Crippen LogP contribution in [0.4, 0.5) is 11.6 Å². The second-order valence-corrected chi connectivity index (χ2v) is 7.58. The van der Waals surface area contributed by atoms with Crippen LogP contribution in [0.3, 0.4) is 0 Å². The van der Waals surface area contributed by atoms with E-state index in [1.54, 1.807) is 10.7 Å². The molecule has 4 heterocycles. The van der Waals surface area contributed by atoms with Gasteiger partial charge in [-0.2, -0.15) is 9.61 Å². The highest BCUT2D eigenvalue weighted by atomic mass is 16.1. The Balaban J connectivity index is 1.62. The molecule has 3 N–H and O–H groups in total. The second-order valence-electron chi connectivity index (χ2n) is 7.58. The molecule has 0 aliphatic carbocycles. The summed E-state index contributed by atoms with van der Waals surface area (Å²) in [4.78, 5) is 24.0. The molecule has 0 radical (unpaired) electrons. The van der Waals surface area contributed by atoms with Gasteiger partial charge in [-0.3, -0.25) is 9.78 Å². The number of hydrogen-bond acceptors (Lipinski definition) is 7. The van der Waals surface area contributed by atoms with Crippen molar-refractivity contribution in [2.45, 2.75) is 6.92 Å². The molecule has 1 aliphatic rings. The second kappa shape index (κ2) is 7.81. The molecule has 0 amide bonds. The number of aromatic nitrogens is 4. The molecule has 1 saturated heterocycles. The Morgan fingerprint density at radius 2 is 1.81 bits per heavy atom. The summed E-state index contributed by atoms with van der Waals surface area (Å²) in [6, 6.07) is 14.0. The SMILES string of the molecule is CC(=O)c1c(N2CCNCC2)nc2c(-c3ccc(-c4ccccc4)nc3)cnn2c1N. The van der Waals surface area contributed by atoms with Gasteiger partial charge in [0.05, 0.1) is 11.9 Å². The molecule has 0 unspecified atom stereocenters.